The second kappa shape index (κ2) is 3.59. The van der Waals surface area contributed by atoms with Crippen molar-refractivity contribution in [3.05, 3.63) is 21.0 Å². The molecule has 0 radical (unpaired) electrons. The molecule has 2 nitrogen and oxygen atoms in total. The van der Waals surface area contributed by atoms with Crippen molar-refractivity contribution in [1.82, 2.24) is 0 Å². The summed E-state index contributed by atoms with van der Waals surface area (Å²) in [6.45, 7) is 3.91. The molecule has 74 valence electrons. The number of fused-ring (bicyclic) bond motifs is 1. The second-order valence-corrected chi connectivity index (χ2v) is 5.07. The van der Waals surface area contributed by atoms with E-state index in [1.165, 1.54) is 23.5 Å². The molecule has 0 amide bonds. The van der Waals surface area contributed by atoms with E-state index in [9.17, 15) is 9.59 Å². The summed E-state index contributed by atoms with van der Waals surface area (Å²) in [5.74, 6) is 0. The zero-order valence-electron chi connectivity index (χ0n) is 8.05. The minimum atomic E-state index is 0.128. The minimum absolute atomic E-state index is 0.128. The van der Waals surface area contributed by atoms with Crippen LogP contribution >= 0.6 is 23.5 Å². The van der Waals surface area contributed by atoms with E-state index in [-0.39, 0.29) is 10.2 Å². The predicted molar refractivity (Wildman–Crippen MR) is 59.8 cm³/mol. The fourth-order valence-electron chi connectivity index (χ4n) is 1.59. The largest absolute Gasteiger partial charge is 0.282 e. The highest BCUT2D eigenvalue weighted by Crippen LogP contribution is 2.52. The molecular formula is C10H10O2S2. The highest BCUT2D eigenvalue weighted by atomic mass is 32.2. The highest BCUT2D eigenvalue weighted by Gasteiger charge is 2.37. The summed E-state index contributed by atoms with van der Waals surface area (Å²) in [6, 6.07) is 0. The first-order valence-corrected chi connectivity index (χ1v) is 6.23. The summed E-state index contributed by atoms with van der Waals surface area (Å²) in [5, 5.41) is 0.256. The number of hydrogen-bond acceptors (Lipinski definition) is 4. The molecule has 0 atom stereocenters. The molecule has 0 bridgehead atoms. The number of carbonyl (C=O) groups is 2. The zero-order valence-corrected chi connectivity index (χ0v) is 9.68. The van der Waals surface area contributed by atoms with Gasteiger partial charge in [-0.25, -0.2) is 0 Å². The Hall–Kier alpha value is -0.480. The molecule has 0 saturated carbocycles. The van der Waals surface area contributed by atoms with Crippen molar-refractivity contribution in [2.24, 2.45) is 0 Å². The van der Waals surface area contributed by atoms with Crippen molar-refractivity contribution in [2.45, 2.75) is 26.7 Å². The van der Waals surface area contributed by atoms with E-state index < -0.39 is 0 Å². The Bertz CT molecular complexity index is 353. The van der Waals surface area contributed by atoms with E-state index in [4.69, 9.17) is 0 Å². The van der Waals surface area contributed by atoms with Crippen LogP contribution in [0.5, 0.6) is 0 Å². The summed E-state index contributed by atoms with van der Waals surface area (Å²) in [4.78, 5) is 24.9. The molecule has 4 heteroatoms. The predicted octanol–water partition coefficient (Wildman–Crippen LogP) is 2.86. The van der Waals surface area contributed by atoms with Crippen LogP contribution in [0, 0.1) is 0 Å². The smallest absolute Gasteiger partial charge is 0.221 e. The van der Waals surface area contributed by atoms with Gasteiger partial charge in [-0.05, 0) is 36.4 Å². The van der Waals surface area contributed by atoms with Crippen LogP contribution in [0.3, 0.4) is 0 Å². The van der Waals surface area contributed by atoms with E-state index in [1.807, 2.05) is 13.8 Å². The lowest BCUT2D eigenvalue weighted by molar-refractivity contribution is -0.108. The van der Waals surface area contributed by atoms with Crippen LogP contribution < -0.4 is 0 Å². The maximum atomic E-state index is 11.5. The van der Waals surface area contributed by atoms with Crippen LogP contribution in [-0.4, -0.2) is 10.2 Å². The molecule has 0 N–H and O–H groups in total. The summed E-state index contributed by atoms with van der Waals surface area (Å²) in [5.41, 5.74) is 1.65. The van der Waals surface area contributed by atoms with Gasteiger partial charge in [-0.3, -0.25) is 9.59 Å². The van der Waals surface area contributed by atoms with Crippen molar-refractivity contribution in [3.63, 3.8) is 0 Å². The average Bonchev–Trinajstić information content (AvgIpc) is 2.58. The first-order chi connectivity index (χ1) is 6.69. The van der Waals surface area contributed by atoms with E-state index in [1.54, 1.807) is 0 Å². The van der Waals surface area contributed by atoms with Crippen LogP contribution in [0.2, 0.25) is 0 Å². The molecule has 2 rings (SSSR count). The Morgan fingerprint density at radius 3 is 1.50 bits per heavy atom. The van der Waals surface area contributed by atoms with Crippen molar-refractivity contribution in [2.75, 3.05) is 0 Å². The van der Waals surface area contributed by atoms with Crippen LogP contribution in [0.25, 0.3) is 0 Å². The molecule has 0 saturated heterocycles. The van der Waals surface area contributed by atoms with E-state index in [2.05, 4.69) is 0 Å². The lowest BCUT2D eigenvalue weighted by Gasteiger charge is -1.95. The summed E-state index contributed by atoms with van der Waals surface area (Å²) in [6.07, 6.45) is 1.45. The topological polar surface area (TPSA) is 34.1 Å². The molecule has 0 unspecified atom stereocenters. The summed E-state index contributed by atoms with van der Waals surface area (Å²) < 4.78 is 0. The van der Waals surface area contributed by atoms with Crippen LogP contribution in [0.1, 0.15) is 26.7 Å². The Morgan fingerprint density at radius 1 is 0.857 bits per heavy atom. The molecule has 0 aromatic rings. The molecule has 0 aliphatic carbocycles. The van der Waals surface area contributed by atoms with Gasteiger partial charge < -0.3 is 0 Å². The van der Waals surface area contributed by atoms with Gasteiger partial charge >= 0.3 is 0 Å². The molecular weight excluding hydrogens is 216 g/mol. The maximum absolute atomic E-state index is 11.5. The fourth-order valence-corrected chi connectivity index (χ4v) is 4.24. The molecule has 0 aromatic carbocycles. The van der Waals surface area contributed by atoms with Gasteiger partial charge in [0.1, 0.15) is 0 Å². The molecule has 14 heavy (non-hydrogen) atoms. The van der Waals surface area contributed by atoms with Gasteiger partial charge in [0.15, 0.2) is 0 Å². The third-order valence-corrected chi connectivity index (χ3v) is 4.65. The quantitative estimate of drug-likeness (QED) is 0.725. The van der Waals surface area contributed by atoms with Gasteiger partial charge in [-0.2, -0.15) is 0 Å². The number of carbonyl (C=O) groups excluding carboxylic acids is 2. The second-order valence-electron chi connectivity index (χ2n) is 3.10. The normalized spacial score (nSPS) is 21.3. The molecule has 0 aromatic heterocycles. The number of thioether (sulfide) groups is 2. The first kappa shape index (κ1) is 10.1. The lowest BCUT2D eigenvalue weighted by atomic mass is 10.1. The molecule has 2 aliphatic rings. The van der Waals surface area contributed by atoms with Gasteiger partial charge in [0.25, 0.3) is 0 Å². The van der Waals surface area contributed by atoms with Crippen LogP contribution in [0.15, 0.2) is 21.0 Å². The molecule has 0 fully saturated rings. The number of rotatable bonds is 2. The first-order valence-electron chi connectivity index (χ1n) is 4.60. The zero-order chi connectivity index (χ0) is 10.3. The van der Waals surface area contributed by atoms with E-state index in [0.29, 0.717) is 0 Å². The SMILES string of the molecule is CCC1=C2SC(=O)C(CC)=C2SC1=O. The van der Waals surface area contributed by atoms with Gasteiger partial charge in [0, 0.05) is 21.0 Å². The van der Waals surface area contributed by atoms with Crippen molar-refractivity contribution in [3.8, 4) is 0 Å². The van der Waals surface area contributed by atoms with Crippen molar-refractivity contribution in [1.29, 1.82) is 0 Å². The van der Waals surface area contributed by atoms with Gasteiger partial charge in [0.2, 0.25) is 10.2 Å². The summed E-state index contributed by atoms with van der Waals surface area (Å²) >= 11 is 2.46. The standard InChI is InChI=1S/C10H10O2S2/c1-3-5-7-8(14-9(5)11)6(4-2)10(12)13-7/h3-4H2,1-2H3. The monoisotopic (exact) mass is 226 g/mol. The van der Waals surface area contributed by atoms with Gasteiger partial charge in [0.05, 0.1) is 0 Å². The summed E-state index contributed by atoms with van der Waals surface area (Å²) in [7, 11) is 0. The van der Waals surface area contributed by atoms with E-state index in [0.717, 1.165) is 33.8 Å². The molecule has 0 spiro atoms. The lowest BCUT2D eigenvalue weighted by Crippen LogP contribution is -1.94. The number of hydrogen-bond donors (Lipinski definition) is 0. The van der Waals surface area contributed by atoms with Crippen LogP contribution in [-0.2, 0) is 9.59 Å². The average molecular weight is 226 g/mol. The van der Waals surface area contributed by atoms with Gasteiger partial charge in [-0.1, -0.05) is 13.8 Å². The molecule has 2 aliphatic heterocycles. The highest BCUT2D eigenvalue weighted by molar-refractivity contribution is 8.24. The van der Waals surface area contributed by atoms with Crippen molar-refractivity contribution >= 4 is 33.8 Å². The molecule has 2 heterocycles. The Balaban J connectivity index is 2.52. The third-order valence-electron chi connectivity index (χ3n) is 2.34. The van der Waals surface area contributed by atoms with Gasteiger partial charge in [-0.15, -0.1) is 0 Å². The Morgan fingerprint density at radius 2 is 1.21 bits per heavy atom. The van der Waals surface area contributed by atoms with E-state index >= 15 is 0 Å². The Labute approximate surface area is 91.2 Å². The van der Waals surface area contributed by atoms with Crippen LogP contribution in [0.4, 0.5) is 0 Å². The van der Waals surface area contributed by atoms with Crippen molar-refractivity contribution < 1.29 is 9.59 Å². The fraction of sp³-hybridized carbons (Fsp3) is 0.400. The Kier molecular flexibility index (Phi) is 2.58. The maximum Gasteiger partial charge on any atom is 0.221 e. The third kappa shape index (κ3) is 1.28. The minimum Gasteiger partial charge on any atom is -0.282 e.